The van der Waals surface area contributed by atoms with E-state index >= 15 is 0 Å². The lowest BCUT2D eigenvalue weighted by atomic mass is 9.99. The van der Waals surface area contributed by atoms with Crippen LogP contribution >= 0.6 is 11.3 Å². The maximum atomic E-state index is 12.7. The van der Waals surface area contributed by atoms with Gasteiger partial charge in [0.25, 0.3) is 0 Å². The van der Waals surface area contributed by atoms with E-state index in [1.165, 1.54) is 11.3 Å². The Balaban J connectivity index is 1.69. The van der Waals surface area contributed by atoms with Gasteiger partial charge < -0.3 is 14.2 Å². The summed E-state index contributed by atoms with van der Waals surface area (Å²) in [5.74, 6) is 0.985. The van der Waals surface area contributed by atoms with Crippen molar-refractivity contribution in [1.29, 1.82) is 5.26 Å². The molecule has 7 heteroatoms. The van der Waals surface area contributed by atoms with E-state index in [4.69, 9.17) is 14.2 Å². The largest absolute Gasteiger partial charge is 0.497 e. The molecule has 0 bridgehead atoms. The zero-order chi connectivity index (χ0) is 21.5. The number of hydrogen-bond acceptors (Lipinski definition) is 7. The first-order chi connectivity index (χ1) is 14.6. The van der Waals surface area contributed by atoms with Crippen molar-refractivity contribution in [3.8, 4) is 34.6 Å². The van der Waals surface area contributed by atoms with Crippen LogP contribution in [0.15, 0.2) is 47.8 Å². The van der Waals surface area contributed by atoms with Crippen LogP contribution in [-0.4, -0.2) is 32.1 Å². The molecular weight excluding hydrogens is 400 g/mol. The van der Waals surface area contributed by atoms with Gasteiger partial charge in [-0.2, -0.15) is 5.26 Å². The Morgan fingerprint density at radius 3 is 2.43 bits per heavy atom. The van der Waals surface area contributed by atoms with Crippen molar-refractivity contribution in [2.75, 3.05) is 21.3 Å². The van der Waals surface area contributed by atoms with E-state index in [2.05, 4.69) is 11.1 Å². The highest BCUT2D eigenvalue weighted by molar-refractivity contribution is 7.10. The fraction of sp³-hybridized carbons (Fsp3) is 0.261. The van der Waals surface area contributed by atoms with Gasteiger partial charge in [0, 0.05) is 17.4 Å². The molecule has 0 fully saturated rings. The Morgan fingerprint density at radius 1 is 1.07 bits per heavy atom. The number of carbonyl (C=O) groups is 1. The van der Waals surface area contributed by atoms with E-state index in [-0.39, 0.29) is 12.2 Å². The molecule has 6 nitrogen and oxygen atoms in total. The monoisotopic (exact) mass is 422 g/mol. The summed E-state index contributed by atoms with van der Waals surface area (Å²) >= 11 is 1.33. The molecule has 1 unspecified atom stereocenters. The van der Waals surface area contributed by atoms with Crippen molar-refractivity contribution in [3.05, 3.63) is 58.4 Å². The number of aryl methyl sites for hydroxylation is 1. The SMILES string of the molecule is COc1ccc(-c2csc(C(C#N)C(=O)CCc3ccc(OC)c(OC)c3)n2)cc1. The molecule has 1 atom stereocenters. The molecule has 1 heterocycles. The van der Waals surface area contributed by atoms with E-state index in [0.717, 1.165) is 22.6 Å². The lowest BCUT2D eigenvalue weighted by Crippen LogP contribution is -2.11. The van der Waals surface area contributed by atoms with Gasteiger partial charge in [0.15, 0.2) is 23.2 Å². The predicted octanol–water partition coefficient (Wildman–Crippen LogP) is 4.64. The van der Waals surface area contributed by atoms with Crippen molar-refractivity contribution in [2.24, 2.45) is 0 Å². The van der Waals surface area contributed by atoms with E-state index in [1.807, 2.05) is 47.8 Å². The second kappa shape index (κ2) is 9.90. The molecule has 1 aromatic heterocycles. The molecule has 0 amide bonds. The number of aromatic nitrogens is 1. The van der Waals surface area contributed by atoms with Crippen LogP contribution in [0.5, 0.6) is 17.2 Å². The molecule has 0 aliphatic carbocycles. The zero-order valence-corrected chi connectivity index (χ0v) is 17.9. The third-order valence-corrected chi connectivity index (χ3v) is 5.62. The fourth-order valence-electron chi connectivity index (χ4n) is 3.03. The van der Waals surface area contributed by atoms with Crippen molar-refractivity contribution in [1.82, 2.24) is 4.98 Å². The molecular formula is C23H22N2O4S. The molecule has 0 N–H and O–H groups in total. The summed E-state index contributed by atoms with van der Waals surface area (Å²) in [6.07, 6.45) is 0.749. The zero-order valence-electron chi connectivity index (χ0n) is 17.0. The van der Waals surface area contributed by atoms with Gasteiger partial charge in [-0.1, -0.05) is 6.07 Å². The lowest BCUT2D eigenvalue weighted by molar-refractivity contribution is -0.119. The summed E-state index contributed by atoms with van der Waals surface area (Å²) in [6, 6.07) is 15.2. The van der Waals surface area contributed by atoms with Gasteiger partial charge in [-0.05, 0) is 48.4 Å². The molecule has 3 rings (SSSR count). The Kier molecular flexibility index (Phi) is 7.04. The molecule has 30 heavy (non-hydrogen) atoms. The van der Waals surface area contributed by atoms with Gasteiger partial charge in [0.05, 0.1) is 33.1 Å². The van der Waals surface area contributed by atoms with Crippen LogP contribution in [0.3, 0.4) is 0 Å². The Morgan fingerprint density at radius 2 is 1.80 bits per heavy atom. The highest BCUT2D eigenvalue weighted by Gasteiger charge is 2.23. The van der Waals surface area contributed by atoms with Gasteiger partial charge in [0.1, 0.15) is 10.8 Å². The van der Waals surface area contributed by atoms with Gasteiger partial charge in [-0.15, -0.1) is 11.3 Å². The number of carbonyl (C=O) groups excluding carboxylic acids is 1. The van der Waals surface area contributed by atoms with Gasteiger partial charge in [0.2, 0.25) is 0 Å². The van der Waals surface area contributed by atoms with E-state index < -0.39 is 5.92 Å². The van der Waals surface area contributed by atoms with Crippen LogP contribution in [0.2, 0.25) is 0 Å². The number of benzene rings is 2. The average Bonchev–Trinajstić information content (AvgIpc) is 3.27. The lowest BCUT2D eigenvalue weighted by Gasteiger charge is -2.10. The molecule has 0 radical (unpaired) electrons. The molecule has 0 saturated heterocycles. The number of nitrogens with zero attached hydrogens (tertiary/aromatic N) is 2. The summed E-state index contributed by atoms with van der Waals surface area (Å²) in [5.41, 5.74) is 2.59. The minimum atomic E-state index is -0.873. The highest BCUT2D eigenvalue weighted by atomic mass is 32.1. The van der Waals surface area contributed by atoms with Crippen LogP contribution in [0, 0.1) is 11.3 Å². The summed E-state index contributed by atoms with van der Waals surface area (Å²) in [7, 11) is 4.76. The quantitative estimate of drug-likeness (QED) is 0.499. The maximum Gasteiger partial charge on any atom is 0.160 e. The first kappa shape index (κ1) is 21.3. The van der Waals surface area contributed by atoms with Crippen molar-refractivity contribution < 1.29 is 19.0 Å². The van der Waals surface area contributed by atoms with Gasteiger partial charge in [-0.25, -0.2) is 4.98 Å². The minimum Gasteiger partial charge on any atom is -0.497 e. The number of nitriles is 1. The number of ether oxygens (including phenoxy) is 3. The standard InChI is InChI=1S/C23H22N2O4S/c1-27-17-8-6-16(7-9-17)19-14-30-23(25-19)18(13-24)20(26)10-4-15-5-11-21(28-2)22(12-15)29-3/h5-9,11-12,14,18H,4,10H2,1-3H3. The molecule has 3 aromatic rings. The van der Waals surface area contributed by atoms with Gasteiger partial charge in [-0.3, -0.25) is 4.79 Å². The normalized spacial score (nSPS) is 11.4. The molecule has 0 aliphatic heterocycles. The second-order valence-electron chi connectivity index (χ2n) is 6.52. The Labute approximate surface area is 179 Å². The van der Waals surface area contributed by atoms with Crippen LogP contribution in [-0.2, 0) is 11.2 Å². The molecule has 2 aromatic carbocycles. The van der Waals surface area contributed by atoms with Crippen LogP contribution in [0.1, 0.15) is 22.9 Å². The Bertz CT molecular complexity index is 1050. The first-order valence-corrected chi connectivity index (χ1v) is 10.2. The number of rotatable bonds is 9. The van der Waals surface area contributed by atoms with E-state index in [9.17, 15) is 10.1 Å². The third kappa shape index (κ3) is 4.78. The second-order valence-corrected chi connectivity index (χ2v) is 7.41. The number of methoxy groups -OCH3 is 3. The van der Waals surface area contributed by atoms with Crippen LogP contribution in [0.4, 0.5) is 0 Å². The number of thiazole rings is 1. The smallest absolute Gasteiger partial charge is 0.160 e. The minimum absolute atomic E-state index is 0.150. The topological polar surface area (TPSA) is 81.4 Å². The third-order valence-electron chi connectivity index (χ3n) is 4.71. The van der Waals surface area contributed by atoms with Crippen molar-refractivity contribution in [3.63, 3.8) is 0 Å². The predicted molar refractivity (Wildman–Crippen MR) is 115 cm³/mol. The number of ketones is 1. The maximum absolute atomic E-state index is 12.7. The Hall–Kier alpha value is -3.37. The summed E-state index contributed by atoms with van der Waals surface area (Å²) < 4.78 is 15.7. The highest BCUT2D eigenvalue weighted by Crippen LogP contribution is 2.30. The molecule has 0 aliphatic rings. The summed E-state index contributed by atoms with van der Waals surface area (Å²) in [4.78, 5) is 17.3. The van der Waals surface area contributed by atoms with Crippen LogP contribution < -0.4 is 14.2 Å². The van der Waals surface area contributed by atoms with E-state index in [0.29, 0.717) is 22.9 Å². The van der Waals surface area contributed by atoms with E-state index in [1.54, 1.807) is 21.3 Å². The first-order valence-electron chi connectivity index (χ1n) is 9.32. The van der Waals surface area contributed by atoms with Crippen molar-refractivity contribution in [2.45, 2.75) is 18.8 Å². The van der Waals surface area contributed by atoms with Gasteiger partial charge >= 0.3 is 0 Å². The molecule has 154 valence electrons. The fourth-order valence-corrected chi connectivity index (χ4v) is 3.92. The number of hydrogen-bond donors (Lipinski definition) is 0. The van der Waals surface area contributed by atoms with Crippen molar-refractivity contribution >= 4 is 17.1 Å². The summed E-state index contributed by atoms with van der Waals surface area (Å²) in [6.45, 7) is 0. The summed E-state index contributed by atoms with van der Waals surface area (Å²) in [5, 5.41) is 12.0. The number of Topliss-reactive ketones (excluding diaryl/α,β-unsaturated/α-hetero) is 1. The average molecular weight is 423 g/mol. The molecule has 0 saturated carbocycles. The van der Waals surface area contributed by atoms with Crippen LogP contribution in [0.25, 0.3) is 11.3 Å². The molecule has 0 spiro atoms.